The van der Waals surface area contributed by atoms with Crippen LogP contribution < -0.4 is 5.32 Å². The van der Waals surface area contributed by atoms with Crippen LogP contribution in [-0.2, 0) is 9.53 Å². The van der Waals surface area contributed by atoms with Crippen LogP contribution in [0.5, 0.6) is 0 Å². The second-order valence-electron chi connectivity index (χ2n) is 3.96. The number of ether oxygens (including phenoxy) is 1. The molecule has 2 aromatic rings. The number of hydrogen-bond donors (Lipinski definition) is 1. The van der Waals surface area contributed by atoms with Crippen molar-refractivity contribution in [1.82, 2.24) is 5.32 Å². The first-order valence-electron chi connectivity index (χ1n) is 5.79. The molecule has 2 rings (SSSR count). The van der Waals surface area contributed by atoms with Crippen molar-refractivity contribution in [2.45, 2.75) is 6.04 Å². The zero-order valence-electron chi connectivity index (χ0n) is 10.6. The van der Waals surface area contributed by atoms with Crippen LogP contribution in [0.25, 0.3) is 0 Å². The largest absolute Gasteiger partial charge is 0.467 e. The van der Waals surface area contributed by atoms with Crippen molar-refractivity contribution in [3.05, 3.63) is 58.5 Å². The number of rotatable bonds is 4. The number of furan rings is 1. The highest BCUT2D eigenvalue weighted by Crippen LogP contribution is 2.19. The van der Waals surface area contributed by atoms with Crippen molar-refractivity contribution in [2.24, 2.45) is 0 Å². The Bertz CT molecular complexity index is 592. The average molecular weight is 338 g/mol. The predicted octanol–water partition coefficient (Wildman–Crippen LogP) is 2.69. The van der Waals surface area contributed by atoms with Crippen LogP contribution in [-0.4, -0.2) is 19.0 Å². The molecule has 20 heavy (non-hydrogen) atoms. The summed E-state index contributed by atoms with van der Waals surface area (Å²) in [4.78, 5) is 23.8. The van der Waals surface area contributed by atoms with Gasteiger partial charge in [0.25, 0.3) is 5.91 Å². The molecular formula is C14H12BrNO4. The Balaban J connectivity index is 2.22. The highest BCUT2D eigenvalue weighted by molar-refractivity contribution is 9.10. The minimum atomic E-state index is -0.884. The van der Waals surface area contributed by atoms with Crippen molar-refractivity contribution in [1.29, 1.82) is 0 Å². The quantitative estimate of drug-likeness (QED) is 0.871. The number of hydrogen-bond acceptors (Lipinski definition) is 4. The van der Waals surface area contributed by atoms with Crippen molar-refractivity contribution >= 4 is 27.8 Å². The molecule has 0 aliphatic heterocycles. The summed E-state index contributed by atoms with van der Waals surface area (Å²) in [5, 5.41) is 2.58. The van der Waals surface area contributed by atoms with Crippen molar-refractivity contribution < 1.29 is 18.7 Å². The van der Waals surface area contributed by atoms with Gasteiger partial charge in [0.1, 0.15) is 0 Å². The van der Waals surface area contributed by atoms with E-state index in [0.717, 1.165) is 4.47 Å². The number of amides is 1. The topological polar surface area (TPSA) is 68.5 Å². The number of esters is 1. The van der Waals surface area contributed by atoms with Gasteiger partial charge in [-0.05, 0) is 29.8 Å². The SMILES string of the molecule is COC(=O)[C@H](NC(=O)c1ccco1)c1ccc(Br)cc1. The molecule has 0 radical (unpaired) electrons. The molecule has 1 aromatic carbocycles. The van der Waals surface area contributed by atoms with Gasteiger partial charge in [0, 0.05) is 4.47 Å². The van der Waals surface area contributed by atoms with E-state index in [1.807, 2.05) is 0 Å². The van der Waals surface area contributed by atoms with E-state index in [0.29, 0.717) is 5.56 Å². The molecule has 1 amide bonds. The van der Waals surface area contributed by atoms with E-state index in [1.54, 1.807) is 30.3 Å². The Labute approximate surface area is 124 Å². The summed E-state index contributed by atoms with van der Waals surface area (Å²) in [6, 6.07) is 9.26. The fraction of sp³-hybridized carbons (Fsp3) is 0.143. The average Bonchev–Trinajstić information content (AvgIpc) is 2.99. The van der Waals surface area contributed by atoms with Crippen LogP contribution in [0.2, 0.25) is 0 Å². The van der Waals surface area contributed by atoms with Crippen LogP contribution >= 0.6 is 15.9 Å². The Morgan fingerprint density at radius 1 is 1.25 bits per heavy atom. The molecule has 1 heterocycles. The third-order valence-corrected chi connectivity index (χ3v) is 3.19. The lowest BCUT2D eigenvalue weighted by Gasteiger charge is -2.16. The monoisotopic (exact) mass is 337 g/mol. The van der Waals surface area contributed by atoms with Crippen LogP contribution in [0.4, 0.5) is 0 Å². The fourth-order valence-electron chi connectivity index (χ4n) is 1.66. The van der Waals surface area contributed by atoms with E-state index in [2.05, 4.69) is 21.2 Å². The normalized spacial score (nSPS) is 11.7. The van der Waals surface area contributed by atoms with E-state index >= 15 is 0 Å². The third-order valence-electron chi connectivity index (χ3n) is 2.66. The van der Waals surface area contributed by atoms with Gasteiger partial charge in [-0.3, -0.25) is 4.79 Å². The smallest absolute Gasteiger partial charge is 0.333 e. The van der Waals surface area contributed by atoms with Gasteiger partial charge in [0.15, 0.2) is 11.8 Å². The molecule has 0 bridgehead atoms. The summed E-state index contributed by atoms with van der Waals surface area (Å²) < 4.78 is 10.6. The standard InChI is InChI=1S/C14H12BrNO4/c1-19-14(18)12(9-4-6-10(15)7-5-9)16-13(17)11-3-2-8-20-11/h2-8,12H,1H3,(H,16,17)/t12-/m1/s1. The Morgan fingerprint density at radius 3 is 2.50 bits per heavy atom. The second kappa shape index (κ2) is 6.38. The van der Waals surface area contributed by atoms with E-state index in [4.69, 9.17) is 9.15 Å². The van der Waals surface area contributed by atoms with E-state index in [1.165, 1.54) is 19.4 Å². The molecule has 0 spiro atoms. The molecule has 1 aromatic heterocycles. The molecule has 6 heteroatoms. The van der Waals surface area contributed by atoms with Gasteiger partial charge in [0.05, 0.1) is 13.4 Å². The maximum absolute atomic E-state index is 12.0. The zero-order chi connectivity index (χ0) is 14.5. The maximum Gasteiger partial charge on any atom is 0.333 e. The summed E-state index contributed by atoms with van der Waals surface area (Å²) >= 11 is 3.31. The minimum Gasteiger partial charge on any atom is -0.467 e. The summed E-state index contributed by atoms with van der Waals surface area (Å²) in [5.74, 6) is -0.892. The number of halogens is 1. The second-order valence-corrected chi connectivity index (χ2v) is 4.87. The Morgan fingerprint density at radius 2 is 1.95 bits per heavy atom. The van der Waals surface area contributed by atoms with E-state index in [-0.39, 0.29) is 5.76 Å². The Hall–Kier alpha value is -2.08. The van der Waals surface area contributed by atoms with E-state index < -0.39 is 17.9 Å². The van der Waals surface area contributed by atoms with Crippen molar-refractivity contribution in [2.75, 3.05) is 7.11 Å². The summed E-state index contributed by atoms with van der Waals surface area (Å²) in [5.41, 5.74) is 0.625. The number of carbonyl (C=O) groups excluding carboxylic acids is 2. The van der Waals surface area contributed by atoms with Crippen LogP contribution in [0.3, 0.4) is 0 Å². The van der Waals surface area contributed by atoms with Gasteiger partial charge >= 0.3 is 5.97 Å². The van der Waals surface area contributed by atoms with Crippen LogP contribution in [0.15, 0.2) is 51.6 Å². The van der Waals surface area contributed by atoms with Gasteiger partial charge in [-0.15, -0.1) is 0 Å². The predicted molar refractivity (Wildman–Crippen MR) is 75.1 cm³/mol. The van der Waals surface area contributed by atoms with E-state index in [9.17, 15) is 9.59 Å². The van der Waals surface area contributed by atoms with Gasteiger partial charge < -0.3 is 14.5 Å². The molecule has 1 N–H and O–H groups in total. The third kappa shape index (κ3) is 3.27. The summed E-state index contributed by atoms with van der Waals surface area (Å²) in [6.45, 7) is 0. The lowest BCUT2D eigenvalue weighted by Crippen LogP contribution is -2.34. The molecule has 0 fully saturated rings. The molecule has 0 aliphatic rings. The minimum absolute atomic E-state index is 0.135. The van der Waals surface area contributed by atoms with Gasteiger partial charge in [0.2, 0.25) is 0 Å². The van der Waals surface area contributed by atoms with Crippen molar-refractivity contribution in [3.63, 3.8) is 0 Å². The lowest BCUT2D eigenvalue weighted by molar-refractivity contribution is -0.143. The summed E-state index contributed by atoms with van der Waals surface area (Å²) in [7, 11) is 1.27. The van der Waals surface area contributed by atoms with Gasteiger partial charge in [-0.2, -0.15) is 0 Å². The molecule has 0 unspecified atom stereocenters. The first-order valence-corrected chi connectivity index (χ1v) is 6.59. The first-order chi connectivity index (χ1) is 9.61. The molecule has 1 atom stereocenters. The molecule has 5 nitrogen and oxygen atoms in total. The number of methoxy groups -OCH3 is 1. The van der Waals surface area contributed by atoms with Gasteiger partial charge in [-0.1, -0.05) is 28.1 Å². The number of nitrogens with one attached hydrogen (secondary N) is 1. The molecule has 0 aliphatic carbocycles. The number of benzene rings is 1. The lowest BCUT2D eigenvalue weighted by atomic mass is 10.1. The van der Waals surface area contributed by atoms with Crippen LogP contribution in [0.1, 0.15) is 22.2 Å². The molecular weight excluding hydrogens is 326 g/mol. The molecule has 0 saturated heterocycles. The van der Waals surface area contributed by atoms with Crippen LogP contribution in [0, 0.1) is 0 Å². The fourth-order valence-corrected chi connectivity index (χ4v) is 1.93. The Kier molecular flexibility index (Phi) is 4.57. The zero-order valence-corrected chi connectivity index (χ0v) is 12.2. The highest BCUT2D eigenvalue weighted by Gasteiger charge is 2.24. The van der Waals surface area contributed by atoms with Crippen molar-refractivity contribution in [3.8, 4) is 0 Å². The number of carbonyl (C=O) groups is 2. The molecule has 0 saturated carbocycles. The van der Waals surface area contributed by atoms with Gasteiger partial charge in [-0.25, -0.2) is 4.79 Å². The maximum atomic E-state index is 12.0. The molecule has 104 valence electrons. The highest BCUT2D eigenvalue weighted by atomic mass is 79.9. The first kappa shape index (κ1) is 14.3. The summed E-state index contributed by atoms with van der Waals surface area (Å²) in [6.07, 6.45) is 1.39.